The number of nitrogens with zero attached hydrogens (tertiary/aromatic N) is 2. The van der Waals surface area contributed by atoms with Gasteiger partial charge in [0.05, 0.1) is 6.33 Å². The summed E-state index contributed by atoms with van der Waals surface area (Å²) in [6, 6.07) is 10.1. The Bertz CT molecular complexity index is 645. The van der Waals surface area contributed by atoms with E-state index in [4.69, 9.17) is 4.42 Å². The van der Waals surface area contributed by atoms with Crippen LogP contribution in [0.5, 0.6) is 0 Å². The highest BCUT2D eigenvalue weighted by atomic mass is 16.3. The van der Waals surface area contributed by atoms with Crippen LogP contribution in [0, 0.1) is 0 Å². The fourth-order valence-electron chi connectivity index (χ4n) is 1.77. The van der Waals surface area contributed by atoms with Crippen molar-refractivity contribution in [3.63, 3.8) is 0 Å². The van der Waals surface area contributed by atoms with Crippen LogP contribution < -0.4 is 0 Å². The van der Waals surface area contributed by atoms with Crippen LogP contribution in [0.15, 0.2) is 72.2 Å². The summed E-state index contributed by atoms with van der Waals surface area (Å²) in [6.45, 7) is 6.05. The highest BCUT2D eigenvalue weighted by Gasteiger charge is 1.98. The molecule has 2 heterocycles. The zero-order valence-electron chi connectivity index (χ0n) is 11.6. The van der Waals surface area contributed by atoms with E-state index in [1.165, 1.54) is 0 Å². The lowest BCUT2D eigenvalue weighted by atomic mass is 10.2. The summed E-state index contributed by atoms with van der Waals surface area (Å²) in [7, 11) is 0. The van der Waals surface area contributed by atoms with Crippen LogP contribution in [-0.4, -0.2) is 9.55 Å². The molecule has 0 amide bonds. The molecule has 3 nitrogen and oxygen atoms in total. The van der Waals surface area contributed by atoms with Crippen molar-refractivity contribution in [2.45, 2.75) is 13.5 Å². The third-order valence-corrected chi connectivity index (χ3v) is 2.60. The molecule has 2 aromatic heterocycles. The minimum absolute atomic E-state index is 0.803. The molecule has 0 aliphatic heterocycles. The van der Waals surface area contributed by atoms with E-state index < -0.39 is 0 Å². The molecule has 0 N–H and O–H groups in total. The molecule has 0 saturated heterocycles. The van der Waals surface area contributed by atoms with Gasteiger partial charge >= 0.3 is 0 Å². The zero-order chi connectivity index (χ0) is 14.2. The van der Waals surface area contributed by atoms with Gasteiger partial charge in [-0.25, -0.2) is 4.98 Å². The molecular weight excluding hydrogens is 248 g/mol. The standard InChI is InChI=1S/C14H12N2O.C3H6/c1-2-6-14-12(4-1)10-13(17-14)5-3-8-16-9-7-15-11-16;1-3-2/h1-7,9-11H,8H2;3H,1H2,2H3/b5-3+;. The van der Waals surface area contributed by atoms with Gasteiger partial charge in [0.1, 0.15) is 11.3 Å². The van der Waals surface area contributed by atoms with Gasteiger partial charge in [-0.05, 0) is 25.1 Å². The van der Waals surface area contributed by atoms with E-state index in [0.717, 1.165) is 23.3 Å². The Hall–Kier alpha value is -2.55. The number of imidazole rings is 1. The first kappa shape index (κ1) is 13.9. The molecule has 0 saturated carbocycles. The predicted molar refractivity (Wildman–Crippen MR) is 83.3 cm³/mol. The topological polar surface area (TPSA) is 31.0 Å². The molecule has 0 atom stereocenters. The minimum Gasteiger partial charge on any atom is -0.457 e. The molecule has 3 rings (SSSR count). The van der Waals surface area contributed by atoms with Crippen LogP contribution in [0.25, 0.3) is 17.0 Å². The fourth-order valence-corrected chi connectivity index (χ4v) is 1.77. The number of furan rings is 1. The van der Waals surface area contributed by atoms with Crippen molar-refractivity contribution in [2.24, 2.45) is 0 Å². The second-order valence-electron chi connectivity index (χ2n) is 4.26. The Morgan fingerprint density at radius 1 is 1.35 bits per heavy atom. The molecular formula is C17H18N2O. The number of allylic oxidation sites excluding steroid dienone is 2. The van der Waals surface area contributed by atoms with Gasteiger partial charge in [0.25, 0.3) is 0 Å². The molecule has 0 fully saturated rings. The molecule has 0 unspecified atom stereocenters. The van der Waals surface area contributed by atoms with Crippen LogP contribution >= 0.6 is 0 Å². The highest BCUT2D eigenvalue weighted by molar-refractivity contribution is 5.79. The van der Waals surface area contributed by atoms with Crippen molar-refractivity contribution in [1.82, 2.24) is 9.55 Å². The maximum absolute atomic E-state index is 5.68. The predicted octanol–water partition coefficient (Wildman–Crippen LogP) is 4.54. The third kappa shape index (κ3) is 3.72. The Labute approximate surface area is 118 Å². The molecule has 0 spiro atoms. The van der Waals surface area contributed by atoms with Gasteiger partial charge in [-0.1, -0.05) is 30.4 Å². The van der Waals surface area contributed by atoms with E-state index in [-0.39, 0.29) is 0 Å². The van der Waals surface area contributed by atoms with Gasteiger partial charge in [-0.15, -0.1) is 6.58 Å². The van der Waals surface area contributed by atoms with Crippen molar-refractivity contribution in [1.29, 1.82) is 0 Å². The number of hydrogen-bond acceptors (Lipinski definition) is 2. The van der Waals surface area contributed by atoms with E-state index in [2.05, 4.69) is 17.6 Å². The second-order valence-corrected chi connectivity index (χ2v) is 4.26. The molecule has 3 heteroatoms. The Morgan fingerprint density at radius 3 is 2.85 bits per heavy atom. The quantitative estimate of drug-likeness (QED) is 0.652. The lowest BCUT2D eigenvalue weighted by molar-refractivity contribution is 0.604. The van der Waals surface area contributed by atoms with E-state index >= 15 is 0 Å². The average Bonchev–Trinajstić information content (AvgIpc) is 3.08. The van der Waals surface area contributed by atoms with Crippen molar-refractivity contribution in [2.75, 3.05) is 0 Å². The Kier molecular flexibility index (Phi) is 4.95. The van der Waals surface area contributed by atoms with Crippen molar-refractivity contribution in [3.8, 4) is 0 Å². The van der Waals surface area contributed by atoms with Gasteiger partial charge in [0.15, 0.2) is 0 Å². The van der Waals surface area contributed by atoms with E-state index in [1.807, 2.05) is 54.1 Å². The molecule has 0 aliphatic carbocycles. The van der Waals surface area contributed by atoms with Crippen LogP contribution in [0.3, 0.4) is 0 Å². The summed E-state index contributed by atoms with van der Waals surface area (Å²) in [5.74, 6) is 0.881. The molecule has 20 heavy (non-hydrogen) atoms. The monoisotopic (exact) mass is 266 g/mol. The van der Waals surface area contributed by atoms with Gasteiger partial charge in [-0.3, -0.25) is 0 Å². The smallest absolute Gasteiger partial charge is 0.134 e. The number of para-hydroxylation sites is 1. The maximum Gasteiger partial charge on any atom is 0.134 e. The number of benzene rings is 1. The summed E-state index contributed by atoms with van der Waals surface area (Å²) >= 11 is 0. The highest BCUT2D eigenvalue weighted by Crippen LogP contribution is 2.19. The molecule has 102 valence electrons. The summed E-state index contributed by atoms with van der Waals surface area (Å²) in [5, 5.41) is 1.13. The van der Waals surface area contributed by atoms with Crippen LogP contribution in [0.4, 0.5) is 0 Å². The molecule has 0 radical (unpaired) electrons. The Morgan fingerprint density at radius 2 is 2.15 bits per heavy atom. The number of fused-ring (bicyclic) bond motifs is 1. The van der Waals surface area contributed by atoms with Gasteiger partial charge in [0.2, 0.25) is 0 Å². The van der Waals surface area contributed by atoms with Crippen molar-refractivity contribution >= 4 is 17.0 Å². The molecule has 0 aliphatic rings. The summed E-state index contributed by atoms with van der Waals surface area (Å²) < 4.78 is 7.67. The molecule has 3 aromatic rings. The van der Waals surface area contributed by atoms with Gasteiger partial charge in [0, 0.05) is 24.3 Å². The first-order valence-corrected chi connectivity index (χ1v) is 6.51. The van der Waals surface area contributed by atoms with E-state index in [9.17, 15) is 0 Å². The minimum atomic E-state index is 0.803. The summed E-state index contributed by atoms with van der Waals surface area (Å²) in [6.07, 6.45) is 11.3. The molecule has 0 bridgehead atoms. The largest absolute Gasteiger partial charge is 0.457 e. The lowest BCUT2D eigenvalue weighted by Gasteiger charge is -1.92. The molecule has 1 aromatic carbocycles. The first-order valence-electron chi connectivity index (χ1n) is 6.51. The average molecular weight is 266 g/mol. The van der Waals surface area contributed by atoms with Crippen LogP contribution in [0.1, 0.15) is 12.7 Å². The fraction of sp³-hybridized carbons (Fsp3) is 0.118. The third-order valence-electron chi connectivity index (χ3n) is 2.60. The first-order chi connectivity index (χ1) is 9.83. The SMILES string of the molecule is C(=C\c1cc2ccccc2o1)/Cn1ccnc1.C=CC. The zero-order valence-corrected chi connectivity index (χ0v) is 11.6. The summed E-state index contributed by atoms with van der Waals surface area (Å²) in [5.41, 5.74) is 0.926. The van der Waals surface area contributed by atoms with Crippen molar-refractivity contribution in [3.05, 3.63) is 73.5 Å². The number of rotatable bonds is 3. The summed E-state index contributed by atoms with van der Waals surface area (Å²) in [4.78, 5) is 3.99. The van der Waals surface area contributed by atoms with Gasteiger partial charge in [-0.2, -0.15) is 0 Å². The van der Waals surface area contributed by atoms with Gasteiger partial charge < -0.3 is 8.98 Å². The van der Waals surface area contributed by atoms with Crippen LogP contribution in [0.2, 0.25) is 0 Å². The van der Waals surface area contributed by atoms with Crippen LogP contribution in [-0.2, 0) is 6.54 Å². The second kappa shape index (κ2) is 7.14. The Balaban J connectivity index is 0.000000452. The normalized spacial score (nSPS) is 10.4. The maximum atomic E-state index is 5.68. The van der Waals surface area contributed by atoms with E-state index in [0.29, 0.717) is 0 Å². The number of hydrogen-bond donors (Lipinski definition) is 0. The number of aromatic nitrogens is 2. The lowest BCUT2D eigenvalue weighted by Crippen LogP contribution is -1.88. The van der Waals surface area contributed by atoms with Crippen molar-refractivity contribution < 1.29 is 4.42 Å². The van der Waals surface area contributed by atoms with E-state index in [1.54, 1.807) is 18.6 Å².